The van der Waals surface area contributed by atoms with E-state index in [9.17, 15) is 13.6 Å². The molecule has 1 aromatic heterocycles. The molecule has 0 N–H and O–H groups in total. The Labute approximate surface area is 171 Å². The number of ether oxygens (including phenoxy) is 1. The van der Waals surface area contributed by atoms with Gasteiger partial charge in [-0.1, -0.05) is 17.7 Å². The summed E-state index contributed by atoms with van der Waals surface area (Å²) in [6.45, 7) is 0.0387. The van der Waals surface area contributed by atoms with Crippen LogP contribution in [0.3, 0.4) is 0 Å². The predicted molar refractivity (Wildman–Crippen MR) is 107 cm³/mol. The number of hydrogen-bond donors (Lipinski definition) is 0. The van der Waals surface area contributed by atoms with Gasteiger partial charge in [0.15, 0.2) is 0 Å². The van der Waals surface area contributed by atoms with Gasteiger partial charge in [0.05, 0.1) is 23.5 Å². The van der Waals surface area contributed by atoms with Gasteiger partial charge < -0.3 is 4.74 Å². The first-order chi connectivity index (χ1) is 14.0. The normalized spacial score (nSPS) is 12.6. The van der Waals surface area contributed by atoms with Crippen LogP contribution in [0.1, 0.15) is 11.3 Å². The Morgan fingerprint density at radius 1 is 1.14 bits per heavy atom. The summed E-state index contributed by atoms with van der Waals surface area (Å²) in [5, 5.41) is 0.507. The van der Waals surface area contributed by atoms with Crippen LogP contribution in [0, 0.1) is 11.6 Å². The summed E-state index contributed by atoms with van der Waals surface area (Å²) in [5.41, 5.74) is 1.49. The number of halogens is 3. The third-order valence-corrected chi connectivity index (χ3v) is 4.69. The third-order valence-electron chi connectivity index (χ3n) is 4.45. The van der Waals surface area contributed by atoms with Gasteiger partial charge in [0.2, 0.25) is 0 Å². The molecule has 0 atom stereocenters. The van der Waals surface area contributed by atoms with Crippen molar-refractivity contribution >= 4 is 29.3 Å². The molecule has 1 amide bonds. The summed E-state index contributed by atoms with van der Waals surface area (Å²) in [7, 11) is 0. The average Bonchev–Trinajstić information content (AvgIpc) is 2.72. The quantitative estimate of drug-likeness (QED) is 0.604. The maximum atomic E-state index is 14.5. The van der Waals surface area contributed by atoms with E-state index in [-0.39, 0.29) is 18.8 Å². The van der Waals surface area contributed by atoms with Crippen LogP contribution in [0.5, 0.6) is 5.75 Å². The van der Waals surface area contributed by atoms with Gasteiger partial charge in [-0.25, -0.2) is 8.78 Å². The molecule has 4 rings (SSSR count). The van der Waals surface area contributed by atoms with Crippen LogP contribution < -0.4 is 9.64 Å². The van der Waals surface area contributed by atoms with E-state index in [1.165, 1.54) is 11.0 Å². The Kier molecular flexibility index (Phi) is 5.27. The molecule has 4 nitrogen and oxygen atoms in total. The minimum atomic E-state index is -0.838. The van der Waals surface area contributed by atoms with Gasteiger partial charge >= 0.3 is 0 Å². The molecule has 2 aromatic carbocycles. The zero-order valence-corrected chi connectivity index (χ0v) is 15.9. The van der Waals surface area contributed by atoms with Crippen molar-refractivity contribution in [3.8, 4) is 5.75 Å². The zero-order chi connectivity index (χ0) is 20.4. The number of aromatic nitrogens is 1. The standard InChI is InChI=1S/C22H15ClF2N2O2/c23-16-4-7-21-14(10-16)9-15(13-29-21)22(28)27(12-18-3-1-2-8-26-18)20-6-5-17(24)11-19(20)25/h1-11H,12-13H2. The summed E-state index contributed by atoms with van der Waals surface area (Å²) < 4.78 is 33.6. The Morgan fingerprint density at radius 3 is 2.76 bits per heavy atom. The van der Waals surface area contributed by atoms with Crippen LogP contribution in [0.2, 0.25) is 5.02 Å². The van der Waals surface area contributed by atoms with E-state index in [0.717, 1.165) is 12.1 Å². The highest BCUT2D eigenvalue weighted by atomic mass is 35.5. The molecular weight excluding hydrogens is 398 g/mol. The number of benzene rings is 2. The van der Waals surface area contributed by atoms with Gasteiger partial charge in [-0.3, -0.25) is 14.7 Å². The Balaban J connectivity index is 1.73. The molecule has 0 spiro atoms. The van der Waals surface area contributed by atoms with Crippen LogP contribution in [0.15, 0.2) is 66.4 Å². The minimum Gasteiger partial charge on any atom is -0.488 e. The smallest absolute Gasteiger partial charge is 0.258 e. The number of carbonyl (C=O) groups excluding carboxylic acids is 1. The van der Waals surface area contributed by atoms with Crippen molar-refractivity contribution in [1.82, 2.24) is 4.98 Å². The molecule has 0 aliphatic carbocycles. The molecule has 146 valence electrons. The fourth-order valence-corrected chi connectivity index (χ4v) is 3.25. The van der Waals surface area contributed by atoms with Gasteiger partial charge in [-0.05, 0) is 48.5 Å². The fourth-order valence-electron chi connectivity index (χ4n) is 3.07. The molecule has 0 fully saturated rings. The Morgan fingerprint density at radius 2 is 2.00 bits per heavy atom. The first-order valence-corrected chi connectivity index (χ1v) is 9.19. The lowest BCUT2D eigenvalue weighted by molar-refractivity contribution is -0.115. The maximum absolute atomic E-state index is 14.5. The van der Waals surface area contributed by atoms with E-state index in [1.54, 1.807) is 48.7 Å². The van der Waals surface area contributed by atoms with E-state index in [2.05, 4.69) is 4.98 Å². The summed E-state index contributed by atoms with van der Waals surface area (Å²) in [6, 6.07) is 13.4. The van der Waals surface area contributed by atoms with E-state index in [1.807, 2.05) is 0 Å². The molecule has 3 aromatic rings. The topological polar surface area (TPSA) is 42.4 Å². The molecule has 0 radical (unpaired) electrons. The Hall–Kier alpha value is -3.25. The lowest BCUT2D eigenvalue weighted by atomic mass is 10.1. The highest BCUT2D eigenvalue weighted by Gasteiger charge is 2.26. The summed E-state index contributed by atoms with van der Waals surface area (Å²) >= 11 is 6.03. The van der Waals surface area contributed by atoms with Gasteiger partial charge in [-0.15, -0.1) is 0 Å². The van der Waals surface area contributed by atoms with E-state index < -0.39 is 17.5 Å². The summed E-state index contributed by atoms with van der Waals surface area (Å²) in [4.78, 5) is 18.7. The number of fused-ring (bicyclic) bond motifs is 1. The number of rotatable bonds is 4. The first kappa shape index (κ1) is 19.1. The first-order valence-electron chi connectivity index (χ1n) is 8.81. The number of nitrogens with zero attached hydrogens (tertiary/aromatic N) is 2. The lowest BCUT2D eigenvalue weighted by Gasteiger charge is -2.26. The van der Waals surface area contributed by atoms with Crippen molar-refractivity contribution in [1.29, 1.82) is 0 Å². The van der Waals surface area contributed by atoms with Gasteiger partial charge in [-0.2, -0.15) is 0 Å². The second kappa shape index (κ2) is 8.01. The van der Waals surface area contributed by atoms with E-state index in [0.29, 0.717) is 27.6 Å². The third kappa shape index (κ3) is 4.12. The number of amides is 1. The van der Waals surface area contributed by atoms with Crippen LogP contribution >= 0.6 is 11.6 Å². The zero-order valence-electron chi connectivity index (χ0n) is 15.1. The van der Waals surface area contributed by atoms with Gasteiger partial charge in [0.25, 0.3) is 5.91 Å². The van der Waals surface area contributed by atoms with Crippen molar-refractivity contribution in [2.24, 2.45) is 0 Å². The average molecular weight is 413 g/mol. The van der Waals surface area contributed by atoms with Crippen molar-refractivity contribution in [2.45, 2.75) is 6.54 Å². The van der Waals surface area contributed by atoms with E-state index >= 15 is 0 Å². The lowest BCUT2D eigenvalue weighted by Crippen LogP contribution is -2.35. The van der Waals surface area contributed by atoms with E-state index in [4.69, 9.17) is 16.3 Å². The number of pyridine rings is 1. The van der Waals surface area contributed by atoms with Crippen LogP contribution in [-0.2, 0) is 11.3 Å². The van der Waals surface area contributed by atoms with Crippen molar-refractivity contribution < 1.29 is 18.3 Å². The largest absolute Gasteiger partial charge is 0.488 e. The van der Waals surface area contributed by atoms with Crippen molar-refractivity contribution in [2.75, 3.05) is 11.5 Å². The number of hydrogen-bond acceptors (Lipinski definition) is 3. The molecule has 0 saturated carbocycles. The fraction of sp³-hybridized carbons (Fsp3) is 0.0909. The molecule has 2 heterocycles. The van der Waals surface area contributed by atoms with Crippen LogP contribution in [0.25, 0.3) is 6.08 Å². The van der Waals surface area contributed by atoms with Crippen LogP contribution in [0.4, 0.5) is 14.5 Å². The molecule has 0 unspecified atom stereocenters. The molecule has 1 aliphatic rings. The molecular formula is C22H15ClF2N2O2. The Bertz CT molecular complexity index is 1100. The molecule has 1 aliphatic heterocycles. The molecule has 29 heavy (non-hydrogen) atoms. The van der Waals surface area contributed by atoms with Crippen molar-refractivity contribution in [3.05, 3.63) is 94.3 Å². The van der Waals surface area contributed by atoms with Gasteiger partial charge in [0, 0.05) is 22.8 Å². The second-order valence-electron chi connectivity index (χ2n) is 6.45. The molecule has 0 saturated heterocycles. The monoisotopic (exact) mass is 412 g/mol. The summed E-state index contributed by atoms with van der Waals surface area (Å²) in [5.74, 6) is -1.42. The van der Waals surface area contributed by atoms with Crippen molar-refractivity contribution in [3.63, 3.8) is 0 Å². The predicted octanol–water partition coefficient (Wildman–Crippen LogP) is 5.02. The highest BCUT2D eigenvalue weighted by Crippen LogP contribution is 2.31. The summed E-state index contributed by atoms with van der Waals surface area (Å²) in [6.07, 6.45) is 3.25. The number of anilines is 1. The van der Waals surface area contributed by atoms with Gasteiger partial charge in [0.1, 0.15) is 24.0 Å². The highest BCUT2D eigenvalue weighted by molar-refractivity contribution is 6.30. The molecule has 7 heteroatoms. The number of carbonyl (C=O) groups is 1. The maximum Gasteiger partial charge on any atom is 0.258 e. The molecule has 0 bridgehead atoms. The SMILES string of the molecule is O=C(C1=Cc2cc(Cl)ccc2OC1)N(Cc1ccccn1)c1ccc(F)cc1F. The van der Waals surface area contributed by atoms with Crippen LogP contribution in [-0.4, -0.2) is 17.5 Å². The minimum absolute atomic E-state index is 0.0158. The second-order valence-corrected chi connectivity index (χ2v) is 6.88.